The Bertz CT molecular complexity index is 2480. The summed E-state index contributed by atoms with van der Waals surface area (Å²) < 4.78 is 95.1. The maximum absolute atomic E-state index is 13.2. The minimum atomic E-state index is -2.61. The molecule has 0 fully saturated rings. The zero-order chi connectivity index (χ0) is 39.2. The molecular formula is C41H34F2IrN2Te-2. The largest absolute Gasteiger partial charge is 0 e. The minimum absolute atomic E-state index is 0. The second-order valence-corrected chi connectivity index (χ2v) is 14.7. The molecule has 1 radical (unpaired) electrons. The van der Waals surface area contributed by atoms with Crippen molar-refractivity contribution >= 4 is 38.0 Å². The van der Waals surface area contributed by atoms with Gasteiger partial charge in [-0.3, -0.25) is 8.78 Å². The molecule has 0 unspecified atom stereocenters. The molecule has 0 saturated carbocycles. The van der Waals surface area contributed by atoms with E-state index >= 15 is 0 Å². The fraction of sp³-hybridized carbons (Fsp3) is 0.171. The van der Waals surface area contributed by atoms with Crippen LogP contribution in [0.3, 0.4) is 0 Å². The van der Waals surface area contributed by atoms with Gasteiger partial charge in [-0.15, -0.1) is 12.1 Å². The molecule has 239 valence electrons. The van der Waals surface area contributed by atoms with Crippen molar-refractivity contribution in [1.82, 2.24) is 9.97 Å². The number of hydrogen-bond acceptors (Lipinski definition) is 2. The average molecular weight is 921 g/mol. The quantitative estimate of drug-likeness (QED) is 0.130. The SMILES string of the molecule is Fc1c[c-]c(-c2ccccn2)c(F)c1.[2H]C([2H])([2H])c1cnc(-c2[c-]ccc3c2[te]c2ccccc23)cc1-c1ccc(C([2H])([2H])C(C)(C)C)cc1C([2H])([2H])[2H].[Ir]. The minimum Gasteiger partial charge on any atom is 0 e. The molecular weight excluding hydrogens is 878 g/mol. The number of nitrogens with zero attached hydrogens (tertiary/aromatic N) is 2. The number of aryl methyl sites for hydroxylation is 2. The van der Waals surface area contributed by atoms with Crippen molar-refractivity contribution < 1.29 is 39.9 Å². The molecule has 0 N–H and O–H groups in total. The van der Waals surface area contributed by atoms with Gasteiger partial charge in [-0.25, -0.2) is 0 Å². The maximum atomic E-state index is 13.2. The fourth-order valence-corrected chi connectivity index (χ4v) is 8.59. The van der Waals surface area contributed by atoms with Gasteiger partial charge >= 0.3 is 212 Å². The van der Waals surface area contributed by atoms with Gasteiger partial charge in [0.05, 0.1) is 0 Å². The van der Waals surface area contributed by atoms with Crippen LogP contribution in [0.4, 0.5) is 8.78 Å². The van der Waals surface area contributed by atoms with Gasteiger partial charge in [-0.1, -0.05) is 23.8 Å². The molecule has 7 rings (SSSR count). The van der Waals surface area contributed by atoms with Gasteiger partial charge in [-0.05, 0) is 11.8 Å². The number of benzene rings is 4. The molecule has 6 heteroatoms. The van der Waals surface area contributed by atoms with Gasteiger partial charge in [0.15, 0.2) is 0 Å². The maximum Gasteiger partial charge on any atom is 0 e. The van der Waals surface area contributed by atoms with E-state index in [0.29, 0.717) is 11.4 Å². The number of fused-ring (bicyclic) bond motifs is 3. The molecule has 0 saturated heterocycles. The van der Waals surface area contributed by atoms with Crippen molar-refractivity contribution in [3.8, 4) is 33.6 Å². The number of rotatable bonds is 4. The van der Waals surface area contributed by atoms with Crippen molar-refractivity contribution in [1.29, 1.82) is 0 Å². The normalized spacial score (nSPS) is 14.6. The summed E-state index contributed by atoms with van der Waals surface area (Å²) in [6.07, 6.45) is 1.05. The van der Waals surface area contributed by atoms with Gasteiger partial charge in [-0.2, -0.15) is 0 Å². The van der Waals surface area contributed by atoms with Crippen LogP contribution >= 0.6 is 0 Å². The summed E-state index contributed by atoms with van der Waals surface area (Å²) in [5, 5.41) is 2.33. The molecule has 47 heavy (non-hydrogen) atoms. The molecule has 0 atom stereocenters. The van der Waals surface area contributed by atoms with Gasteiger partial charge in [0, 0.05) is 37.9 Å². The Morgan fingerprint density at radius 3 is 2.36 bits per heavy atom. The van der Waals surface area contributed by atoms with Crippen LogP contribution in [0.2, 0.25) is 0 Å². The number of halogens is 2. The Balaban J connectivity index is 0.000000324. The topological polar surface area (TPSA) is 25.8 Å². The predicted octanol–water partition coefficient (Wildman–Crippen LogP) is 10.6. The molecule has 3 aromatic heterocycles. The number of pyridine rings is 2. The smallest absolute Gasteiger partial charge is 0 e. The molecule has 4 aromatic carbocycles. The van der Waals surface area contributed by atoms with E-state index in [1.165, 1.54) is 30.5 Å². The summed E-state index contributed by atoms with van der Waals surface area (Å²) in [5.74, 6) is -1.29. The Labute approximate surface area is 310 Å². The van der Waals surface area contributed by atoms with Crippen LogP contribution in [-0.4, -0.2) is 30.4 Å². The van der Waals surface area contributed by atoms with Crippen molar-refractivity contribution in [2.45, 2.75) is 40.8 Å². The van der Waals surface area contributed by atoms with Gasteiger partial charge in [0.1, 0.15) is 0 Å². The zero-order valence-electron chi connectivity index (χ0n) is 33.7. The van der Waals surface area contributed by atoms with Crippen LogP contribution < -0.4 is 0 Å². The standard InChI is InChI=1S/C30H28NTe.C11H6F2N.Ir/c1-19-15-21(17-30(3,4)5)13-14-22(19)26-16-27(31-18-20(26)2)25-11-8-10-24-23-9-6-7-12-28(23)32-29(24)25;12-8-4-5-9(10(13)7-8)11-3-1-2-6-14-11;/h6-10,12-16,18H,17H2,1-5H3;1-4,6-7H;/q2*-1;/i1D3,2D3,17D2;;. The first-order chi connectivity index (χ1) is 25.3. The van der Waals surface area contributed by atoms with Crippen molar-refractivity contribution in [3.05, 3.63) is 144 Å². The summed E-state index contributed by atoms with van der Waals surface area (Å²) >= 11 is -0.727. The zero-order valence-corrected chi connectivity index (χ0v) is 30.4. The van der Waals surface area contributed by atoms with Crippen molar-refractivity contribution in [2.24, 2.45) is 5.41 Å². The summed E-state index contributed by atoms with van der Waals surface area (Å²) in [4.78, 5) is 8.50. The Morgan fingerprint density at radius 2 is 1.62 bits per heavy atom. The molecule has 7 aromatic rings. The third-order valence-electron chi connectivity index (χ3n) is 7.11. The first kappa shape index (κ1) is 25.5. The van der Waals surface area contributed by atoms with E-state index in [0.717, 1.165) is 23.1 Å². The molecule has 0 aliphatic carbocycles. The number of hydrogen-bond donors (Lipinski definition) is 0. The van der Waals surface area contributed by atoms with Crippen LogP contribution in [0.25, 0.3) is 51.2 Å². The molecule has 0 amide bonds. The Hall–Kier alpha value is -3.52. The molecule has 0 bridgehead atoms. The summed E-state index contributed by atoms with van der Waals surface area (Å²) in [7, 11) is 0. The third kappa shape index (κ3) is 7.97. The molecule has 0 aliphatic heterocycles. The van der Waals surface area contributed by atoms with E-state index in [-0.39, 0.29) is 53.5 Å². The second kappa shape index (κ2) is 14.7. The van der Waals surface area contributed by atoms with E-state index in [2.05, 4.69) is 34.2 Å². The molecule has 3 heterocycles. The monoisotopic (exact) mass is 923 g/mol. The van der Waals surface area contributed by atoms with Crippen molar-refractivity contribution in [3.63, 3.8) is 0 Å². The molecule has 2 nitrogen and oxygen atoms in total. The summed E-state index contributed by atoms with van der Waals surface area (Å²) in [5.41, 5.74) is 1.74. The first-order valence-corrected chi connectivity index (χ1v) is 16.9. The summed E-state index contributed by atoms with van der Waals surface area (Å²) in [6.45, 7) is 0.122. The first-order valence-electron chi connectivity index (χ1n) is 18.5. The van der Waals surface area contributed by atoms with Crippen LogP contribution in [0, 0.1) is 42.9 Å². The van der Waals surface area contributed by atoms with Crippen LogP contribution in [-0.2, 0) is 26.5 Å². The van der Waals surface area contributed by atoms with E-state index in [1.807, 2.05) is 24.3 Å². The molecule has 0 aliphatic rings. The molecule has 0 spiro atoms. The van der Waals surface area contributed by atoms with Gasteiger partial charge < -0.3 is 4.98 Å². The third-order valence-corrected chi connectivity index (χ3v) is 10.5. The van der Waals surface area contributed by atoms with Crippen LogP contribution in [0.1, 0.15) is 48.4 Å². The van der Waals surface area contributed by atoms with E-state index in [9.17, 15) is 8.78 Å². The van der Waals surface area contributed by atoms with Crippen LogP contribution in [0.15, 0.2) is 103 Å². The van der Waals surface area contributed by atoms with Crippen LogP contribution in [0.5, 0.6) is 0 Å². The van der Waals surface area contributed by atoms with Gasteiger partial charge in [0.2, 0.25) is 0 Å². The Morgan fingerprint density at radius 1 is 0.809 bits per heavy atom. The Kier molecular flexibility index (Phi) is 7.98. The van der Waals surface area contributed by atoms with E-state index in [1.54, 1.807) is 57.3 Å². The summed E-state index contributed by atoms with van der Waals surface area (Å²) in [6, 6.07) is 31.1. The van der Waals surface area contributed by atoms with Crippen molar-refractivity contribution in [2.75, 3.05) is 0 Å². The number of aromatic nitrogens is 2. The van der Waals surface area contributed by atoms with E-state index in [4.69, 9.17) is 11.0 Å². The second-order valence-electron chi connectivity index (χ2n) is 11.7. The van der Waals surface area contributed by atoms with Gasteiger partial charge in [0.25, 0.3) is 0 Å². The van der Waals surface area contributed by atoms with E-state index < -0.39 is 57.6 Å². The fourth-order valence-electron chi connectivity index (χ4n) is 5.14. The predicted molar refractivity (Wildman–Crippen MR) is 187 cm³/mol. The average Bonchev–Trinajstić information content (AvgIpc) is 3.50.